The second-order valence-corrected chi connectivity index (χ2v) is 6.03. The minimum absolute atomic E-state index is 0.394. The monoisotopic (exact) mass is 268 g/mol. The normalized spacial score (nSPS) is 12.7. The van der Waals surface area contributed by atoms with Crippen LogP contribution < -0.4 is 0 Å². The molecule has 0 aromatic carbocycles. The number of aromatic nitrogens is 2. The molecular formula is C18H24N2. The Bertz CT molecular complexity index is 570. The van der Waals surface area contributed by atoms with E-state index in [1.54, 1.807) is 0 Å². The van der Waals surface area contributed by atoms with Gasteiger partial charge >= 0.3 is 0 Å². The molecule has 1 atom stereocenters. The molecule has 106 valence electrons. The zero-order chi connectivity index (χ0) is 14.7. The molecule has 2 aromatic heterocycles. The maximum atomic E-state index is 4.83. The molecule has 0 spiro atoms. The second kappa shape index (κ2) is 6.17. The first-order valence-electron chi connectivity index (χ1n) is 7.36. The third-order valence-electron chi connectivity index (χ3n) is 3.70. The number of aryl methyl sites for hydroxylation is 2. The Kier molecular flexibility index (Phi) is 4.53. The molecule has 2 rings (SSSR count). The van der Waals surface area contributed by atoms with Gasteiger partial charge < -0.3 is 0 Å². The Morgan fingerprint density at radius 2 is 1.75 bits per heavy atom. The molecule has 2 heterocycles. The molecule has 2 heteroatoms. The van der Waals surface area contributed by atoms with Gasteiger partial charge in [0.05, 0.1) is 0 Å². The molecule has 20 heavy (non-hydrogen) atoms. The summed E-state index contributed by atoms with van der Waals surface area (Å²) in [6.07, 6.45) is 2.88. The predicted molar refractivity (Wildman–Crippen MR) is 84.2 cm³/mol. The molecule has 1 unspecified atom stereocenters. The molecule has 0 N–H and O–H groups in total. The summed E-state index contributed by atoms with van der Waals surface area (Å²) in [4.78, 5) is 9.35. The Labute approximate surface area is 122 Å². The second-order valence-electron chi connectivity index (χ2n) is 6.03. The van der Waals surface area contributed by atoms with Gasteiger partial charge in [-0.25, -0.2) is 0 Å². The van der Waals surface area contributed by atoms with E-state index >= 15 is 0 Å². The standard InChI is InChI=1S/C18H24N2/c1-12(2)18-14(4)7-8-16(20-18)10-15(5)17-9-6-13(3)11-19-17/h6-9,11-12,15H,10H2,1-5H3. The summed E-state index contributed by atoms with van der Waals surface area (Å²) in [5.41, 5.74) is 6.01. The van der Waals surface area contributed by atoms with Crippen molar-refractivity contribution in [2.75, 3.05) is 0 Å². The largest absolute Gasteiger partial charge is 0.261 e. The highest BCUT2D eigenvalue weighted by molar-refractivity contribution is 5.25. The highest BCUT2D eigenvalue weighted by Gasteiger charge is 2.11. The summed E-state index contributed by atoms with van der Waals surface area (Å²) in [5, 5.41) is 0. The van der Waals surface area contributed by atoms with Crippen LogP contribution in [0.4, 0.5) is 0 Å². The van der Waals surface area contributed by atoms with E-state index in [9.17, 15) is 0 Å². The summed E-state index contributed by atoms with van der Waals surface area (Å²) in [7, 11) is 0. The maximum absolute atomic E-state index is 4.83. The van der Waals surface area contributed by atoms with Crippen LogP contribution in [0.5, 0.6) is 0 Å². The third-order valence-corrected chi connectivity index (χ3v) is 3.70. The molecule has 2 aromatic rings. The SMILES string of the molecule is Cc1ccc(C(C)Cc2ccc(C)c(C(C)C)n2)nc1. The third kappa shape index (κ3) is 3.44. The van der Waals surface area contributed by atoms with Crippen molar-refractivity contribution in [2.24, 2.45) is 0 Å². The van der Waals surface area contributed by atoms with Gasteiger partial charge in [0.1, 0.15) is 0 Å². The van der Waals surface area contributed by atoms with E-state index in [0.717, 1.165) is 17.8 Å². The summed E-state index contributed by atoms with van der Waals surface area (Å²) in [6, 6.07) is 8.58. The average molecular weight is 268 g/mol. The van der Waals surface area contributed by atoms with Gasteiger partial charge in [0.15, 0.2) is 0 Å². The average Bonchev–Trinajstić information content (AvgIpc) is 2.41. The Hall–Kier alpha value is -1.70. The first-order valence-corrected chi connectivity index (χ1v) is 7.36. The van der Waals surface area contributed by atoms with Crippen LogP contribution in [0, 0.1) is 13.8 Å². The van der Waals surface area contributed by atoms with Gasteiger partial charge in [-0.15, -0.1) is 0 Å². The number of hydrogen-bond donors (Lipinski definition) is 0. The predicted octanol–water partition coefficient (Wildman–Crippen LogP) is 4.56. The van der Waals surface area contributed by atoms with Crippen LogP contribution in [0.15, 0.2) is 30.5 Å². The molecule has 2 nitrogen and oxygen atoms in total. The lowest BCUT2D eigenvalue weighted by atomic mass is 9.98. The fourth-order valence-electron chi connectivity index (χ4n) is 2.47. The summed E-state index contributed by atoms with van der Waals surface area (Å²) >= 11 is 0. The minimum atomic E-state index is 0.394. The molecule has 0 aliphatic heterocycles. The lowest BCUT2D eigenvalue weighted by Gasteiger charge is -2.14. The zero-order valence-corrected chi connectivity index (χ0v) is 13.1. The molecule has 0 radical (unpaired) electrons. The topological polar surface area (TPSA) is 25.8 Å². The van der Waals surface area contributed by atoms with Crippen molar-refractivity contribution < 1.29 is 0 Å². The summed E-state index contributed by atoms with van der Waals surface area (Å²) in [5.74, 6) is 0.869. The molecule has 0 aliphatic carbocycles. The van der Waals surface area contributed by atoms with E-state index in [0.29, 0.717) is 11.8 Å². The van der Waals surface area contributed by atoms with Gasteiger partial charge in [-0.1, -0.05) is 32.9 Å². The van der Waals surface area contributed by atoms with Crippen LogP contribution in [-0.2, 0) is 6.42 Å². The van der Waals surface area contributed by atoms with Gasteiger partial charge in [0, 0.05) is 29.2 Å². The molecular weight excluding hydrogens is 244 g/mol. The summed E-state index contributed by atoms with van der Waals surface area (Å²) in [6.45, 7) is 10.8. The van der Waals surface area contributed by atoms with Gasteiger partial charge in [0.2, 0.25) is 0 Å². The van der Waals surface area contributed by atoms with Gasteiger partial charge in [-0.2, -0.15) is 0 Å². The Balaban J connectivity index is 2.17. The quantitative estimate of drug-likeness (QED) is 0.812. The number of rotatable bonds is 4. The van der Waals surface area contributed by atoms with Crippen LogP contribution in [0.1, 0.15) is 60.8 Å². The van der Waals surface area contributed by atoms with E-state index < -0.39 is 0 Å². The van der Waals surface area contributed by atoms with Crippen LogP contribution in [-0.4, -0.2) is 9.97 Å². The molecule has 0 fully saturated rings. The van der Waals surface area contributed by atoms with Crippen molar-refractivity contribution in [3.8, 4) is 0 Å². The van der Waals surface area contributed by atoms with Crippen molar-refractivity contribution in [2.45, 2.75) is 52.9 Å². The molecule has 0 saturated carbocycles. The van der Waals surface area contributed by atoms with E-state index in [-0.39, 0.29) is 0 Å². The minimum Gasteiger partial charge on any atom is -0.261 e. The van der Waals surface area contributed by atoms with E-state index in [4.69, 9.17) is 4.98 Å². The van der Waals surface area contributed by atoms with Crippen molar-refractivity contribution in [3.05, 3.63) is 58.7 Å². The van der Waals surface area contributed by atoms with Crippen LogP contribution in [0.2, 0.25) is 0 Å². The van der Waals surface area contributed by atoms with Crippen LogP contribution in [0.3, 0.4) is 0 Å². The zero-order valence-electron chi connectivity index (χ0n) is 13.1. The highest BCUT2D eigenvalue weighted by atomic mass is 14.7. The van der Waals surface area contributed by atoms with Crippen LogP contribution >= 0.6 is 0 Å². The van der Waals surface area contributed by atoms with Crippen molar-refractivity contribution in [3.63, 3.8) is 0 Å². The first-order chi connectivity index (χ1) is 9.47. The molecule has 0 amide bonds. The van der Waals surface area contributed by atoms with Gasteiger partial charge in [0.25, 0.3) is 0 Å². The highest BCUT2D eigenvalue weighted by Crippen LogP contribution is 2.21. The van der Waals surface area contributed by atoms with Crippen molar-refractivity contribution >= 4 is 0 Å². The smallest absolute Gasteiger partial charge is 0.0461 e. The molecule has 0 saturated heterocycles. The van der Waals surface area contributed by atoms with Crippen molar-refractivity contribution in [1.29, 1.82) is 0 Å². The Morgan fingerprint density at radius 1 is 1.00 bits per heavy atom. The number of nitrogens with zero attached hydrogens (tertiary/aromatic N) is 2. The summed E-state index contributed by atoms with van der Waals surface area (Å²) < 4.78 is 0. The lowest BCUT2D eigenvalue weighted by Crippen LogP contribution is -2.06. The van der Waals surface area contributed by atoms with E-state index in [2.05, 4.69) is 63.9 Å². The number of pyridine rings is 2. The van der Waals surface area contributed by atoms with Gasteiger partial charge in [-0.3, -0.25) is 9.97 Å². The number of hydrogen-bond acceptors (Lipinski definition) is 2. The van der Waals surface area contributed by atoms with Gasteiger partial charge in [-0.05, 0) is 49.4 Å². The Morgan fingerprint density at radius 3 is 2.35 bits per heavy atom. The first kappa shape index (κ1) is 14.7. The van der Waals surface area contributed by atoms with Crippen LogP contribution in [0.25, 0.3) is 0 Å². The fraction of sp³-hybridized carbons (Fsp3) is 0.444. The maximum Gasteiger partial charge on any atom is 0.0461 e. The van der Waals surface area contributed by atoms with E-state index in [1.165, 1.54) is 16.8 Å². The van der Waals surface area contributed by atoms with Crippen molar-refractivity contribution in [1.82, 2.24) is 9.97 Å². The van der Waals surface area contributed by atoms with E-state index in [1.807, 2.05) is 6.20 Å². The fourth-order valence-corrected chi connectivity index (χ4v) is 2.47. The lowest BCUT2D eigenvalue weighted by molar-refractivity contribution is 0.701. The molecule has 0 aliphatic rings. The molecule has 0 bridgehead atoms.